The van der Waals surface area contributed by atoms with Crippen molar-refractivity contribution < 1.29 is 32.7 Å². The standard InChI is InChI=1S/C21H25N4O5S/c22-29-30-31-18-10-8-16(9-11-18)23-19(26)7-2-1-5-13-25-14-17-6-3-4-12-24(17)21(25)28-20(27)15-25/h3-4,6,8-12,21H,1-2,5,7,13-15,22H2/q+1/p+1. The summed E-state index contributed by atoms with van der Waals surface area (Å²) in [5.41, 5.74) is 1.91. The van der Waals surface area contributed by atoms with Gasteiger partial charge in [0.2, 0.25) is 11.6 Å². The summed E-state index contributed by atoms with van der Waals surface area (Å²) in [4.78, 5) is 29.0. The van der Waals surface area contributed by atoms with Crippen molar-refractivity contribution in [3.8, 4) is 0 Å². The Morgan fingerprint density at radius 2 is 2.03 bits per heavy atom. The molecule has 1 fully saturated rings. The Morgan fingerprint density at radius 3 is 2.84 bits per heavy atom. The molecule has 2 aliphatic heterocycles. The van der Waals surface area contributed by atoms with Crippen LogP contribution in [0.2, 0.25) is 0 Å². The molecule has 0 spiro atoms. The lowest BCUT2D eigenvalue weighted by molar-refractivity contribution is -1.06. The van der Waals surface area contributed by atoms with E-state index in [1.165, 1.54) is 5.69 Å². The van der Waals surface area contributed by atoms with Crippen molar-refractivity contribution >= 4 is 29.6 Å². The lowest BCUT2D eigenvalue weighted by Crippen LogP contribution is -2.51. The maximum Gasteiger partial charge on any atom is 0.448 e. The number of pyridine rings is 1. The molecule has 31 heavy (non-hydrogen) atoms. The van der Waals surface area contributed by atoms with E-state index in [4.69, 9.17) is 10.6 Å². The normalized spacial score (nSPS) is 21.5. The first-order chi connectivity index (χ1) is 15.1. The number of benzene rings is 1. The third-order valence-corrected chi connectivity index (χ3v) is 6.27. The van der Waals surface area contributed by atoms with Crippen molar-refractivity contribution in [2.24, 2.45) is 5.90 Å². The van der Waals surface area contributed by atoms with Gasteiger partial charge in [-0.1, -0.05) is 0 Å². The number of carbonyl (C=O) groups is 2. The fraction of sp³-hybridized carbons (Fsp3) is 0.381. The number of nitrogens with one attached hydrogen (secondary N) is 1. The molecular formula is C21H26N4O5S+2. The number of esters is 1. The van der Waals surface area contributed by atoms with Gasteiger partial charge in [-0.25, -0.2) is 9.28 Å². The average Bonchev–Trinajstić information content (AvgIpc) is 3.23. The van der Waals surface area contributed by atoms with Crippen LogP contribution in [0.3, 0.4) is 0 Å². The third-order valence-electron chi connectivity index (χ3n) is 5.66. The molecule has 10 heteroatoms. The van der Waals surface area contributed by atoms with Crippen molar-refractivity contribution in [1.82, 2.24) is 0 Å². The van der Waals surface area contributed by atoms with Gasteiger partial charge in [0.1, 0.15) is 0 Å². The molecular weight excluding hydrogens is 420 g/mol. The van der Waals surface area contributed by atoms with Gasteiger partial charge in [-0.3, -0.25) is 4.79 Å². The van der Waals surface area contributed by atoms with E-state index in [-0.39, 0.29) is 18.2 Å². The average molecular weight is 447 g/mol. The highest BCUT2D eigenvalue weighted by molar-refractivity contribution is 7.94. The van der Waals surface area contributed by atoms with Crippen molar-refractivity contribution in [2.45, 2.75) is 43.5 Å². The van der Waals surface area contributed by atoms with Gasteiger partial charge < -0.3 is 10.1 Å². The molecule has 2 atom stereocenters. The number of nitrogens with zero attached hydrogens (tertiary/aromatic N) is 2. The number of hydrogen-bond acceptors (Lipinski definition) is 7. The molecule has 2 aromatic rings. The molecule has 1 saturated heterocycles. The first-order valence-electron chi connectivity index (χ1n) is 10.2. The van der Waals surface area contributed by atoms with Crippen molar-refractivity contribution in [2.75, 3.05) is 18.4 Å². The maximum atomic E-state index is 12.2. The second kappa shape index (κ2) is 9.75. The molecule has 0 aliphatic carbocycles. The lowest BCUT2D eigenvalue weighted by atomic mass is 10.1. The summed E-state index contributed by atoms with van der Waals surface area (Å²) in [5, 5.41) is 2.89. The molecule has 1 amide bonds. The van der Waals surface area contributed by atoms with Gasteiger partial charge in [0, 0.05) is 29.1 Å². The number of hydrogen-bond donors (Lipinski definition) is 2. The molecule has 3 heterocycles. The number of ether oxygens (including phenoxy) is 1. The van der Waals surface area contributed by atoms with E-state index in [2.05, 4.69) is 25.3 Å². The van der Waals surface area contributed by atoms with Gasteiger partial charge in [0.25, 0.3) is 0 Å². The van der Waals surface area contributed by atoms with Crippen LogP contribution >= 0.6 is 12.0 Å². The first-order valence-corrected chi connectivity index (χ1v) is 11.0. The molecule has 2 aliphatic rings. The fourth-order valence-corrected chi connectivity index (χ4v) is 4.62. The van der Waals surface area contributed by atoms with Gasteiger partial charge in [-0.2, -0.15) is 5.90 Å². The zero-order valence-electron chi connectivity index (χ0n) is 17.1. The summed E-state index contributed by atoms with van der Waals surface area (Å²) in [6.07, 6.45) is 4.82. The third kappa shape index (κ3) is 5.05. The Balaban J connectivity index is 1.20. The molecule has 0 saturated carbocycles. The van der Waals surface area contributed by atoms with Crippen LogP contribution in [0.1, 0.15) is 37.7 Å². The minimum Gasteiger partial charge on any atom is -0.350 e. The Bertz CT molecular complexity index is 942. The highest BCUT2D eigenvalue weighted by Crippen LogP contribution is 2.35. The highest BCUT2D eigenvalue weighted by atomic mass is 32.2. The van der Waals surface area contributed by atoms with Crippen LogP contribution in [0.15, 0.2) is 53.6 Å². The number of nitrogens with two attached hydrogens (primary N) is 1. The Labute approximate surface area is 184 Å². The quantitative estimate of drug-likeness (QED) is 0.110. The summed E-state index contributed by atoms with van der Waals surface area (Å²) < 4.78 is 12.9. The van der Waals surface area contributed by atoms with Gasteiger partial charge in [0.05, 0.1) is 18.6 Å². The summed E-state index contributed by atoms with van der Waals surface area (Å²) >= 11 is 0.987. The van der Waals surface area contributed by atoms with E-state index in [9.17, 15) is 9.59 Å². The van der Waals surface area contributed by atoms with Crippen LogP contribution in [0.5, 0.6) is 0 Å². The topological polar surface area (TPSA) is 104 Å². The summed E-state index contributed by atoms with van der Waals surface area (Å²) in [5.74, 6) is 4.64. The molecule has 3 N–H and O–H groups in total. The zero-order chi connectivity index (χ0) is 21.7. The number of carbonyl (C=O) groups excluding carboxylic acids is 2. The van der Waals surface area contributed by atoms with E-state index in [0.29, 0.717) is 17.4 Å². The van der Waals surface area contributed by atoms with Crippen LogP contribution in [0.4, 0.5) is 5.69 Å². The summed E-state index contributed by atoms with van der Waals surface area (Å²) in [6, 6.07) is 13.3. The SMILES string of the molecule is NOOSc1ccc(NC(=O)CCCCC[N+]23CC(=O)OC2[n+]2ccccc2C3)cc1. The van der Waals surface area contributed by atoms with E-state index in [1.54, 1.807) is 24.3 Å². The first kappa shape index (κ1) is 21.7. The molecule has 1 aromatic heterocycles. The summed E-state index contributed by atoms with van der Waals surface area (Å²) in [6.45, 7) is 2.06. The predicted molar refractivity (Wildman–Crippen MR) is 111 cm³/mol. The smallest absolute Gasteiger partial charge is 0.350 e. The predicted octanol–water partition coefficient (Wildman–Crippen LogP) is 2.35. The molecule has 4 rings (SSSR count). The van der Waals surface area contributed by atoms with Gasteiger partial charge >= 0.3 is 12.3 Å². The minimum atomic E-state index is -0.255. The molecule has 0 bridgehead atoms. The van der Waals surface area contributed by atoms with Crippen molar-refractivity contribution in [3.63, 3.8) is 0 Å². The second-order valence-electron chi connectivity index (χ2n) is 7.80. The van der Waals surface area contributed by atoms with Crippen molar-refractivity contribution in [3.05, 3.63) is 54.4 Å². The van der Waals surface area contributed by atoms with Crippen LogP contribution in [-0.2, 0) is 30.2 Å². The fourth-order valence-electron chi connectivity index (χ4n) is 4.25. The largest absolute Gasteiger partial charge is 0.448 e. The van der Waals surface area contributed by atoms with E-state index in [0.717, 1.165) is 55.0 Å². The van der Waals surface area contributed by atoms with E-state index < -0.39 is 0 Å². The van der Waals surface area contributed by atoms with Crippen molar-refractivity contribution in [1.29, 1.82) is 0 Å². The number of aromatic nitrogens is 1. The zero-order valence-corrected chi connectivity index (χ0v) is 17.9. The maximum absolute atomic E-state index is 12.2. The van der Waals surface area contributed by atoms with Crippen LogP contribution in [0, 0.1) is 0 Å². The minimum absolute atomic E-state index is 0.0179. The highest BCUT2D eigenvalue weighted by Gasteiger charge is 2.60. The number of rotatable bonds is 10. The lowest BCUT2D eigenvalue weighted by Gasteiger charge is -2.25. The van der Waals surface area contributed by atoms with Crippen LogP contribution in [-0.4, -0.2) is 29.4 Å². The molecule has 9 nitrogen and oxygen atoms in total. The number of unbranched alkanes of at least 4 members (excludes halogenated alkanes) is 2. The monoisotopic (exact) mass is 446 g/mol. The van der Waals surface area contributed by atoms with Crippen LogP contribution < -0.4 is 15.8 Å². The Kier molecular flexibility index (Phi) is 6.83. The summed E-state index contributed by atoms with van der Waals surface area (Å²) in [7, 11) is 0. The van der Waals surface area contributed by atoms with Gasteiger partial charge in [-0.15, -0.1) is 13.9 Å². The second-order valence-corrected chi connectivity index (χ2v) is 8.58. The number of quaternary nitrogens is 1. The van der Waals surface area contributed by atoms with E-state index in [1.807, 2.05) is 18.3 Å². The van der Waals surface area contributed by atoms with Gasteiger partial charge in [-0.05, 0) is 49.6 Å². The van der Waals surface area contributed by atoms with Gasteiger partial charge in [0.15, 0.2) is 19.3 Å². The number of fused-ring (bicyclic) bond motifs is 3. The van der Waals surface area contributed by atoms with E-state index >= 15 is 0 Å². The van der Waals surface area contributed by atoms with Crippen LogP contribution in [0.25, 0.3) is 0 Å². The Morgan fingerprint density at radius 1 is 1.19 bits per heavy atom. The number of anilines is 1. The molecule has 2 unspecified atom stereocenters. The molecule has 1 aromatic carbocycles. The molecule has 0 radical (unpaired) electrons. The number of amides is 1. The Hall–Kier alpha value is -2.50. The molecule has 164 valence electrons.